The van der Waals surface area contributed by atoms with Gasteiger partial charge in [-0.2, -0.15) is 0 Å². The molecule has 0 radical (unpaired) electrons. The van der Waals surface area contributed by atoms with E-state index in [0.717, 1.165) is 28.0 Å². The zero-order chi connectivity index (χ0) is 33.8. The normalized spacial score (nSPS) is 14.1. The molecule has 0 saturated heterocycles. The third-order valence-corrected chi connectivity index (χ3v) is 7.71. The van der Waals surface area contributed by atoms with E-state index in [9.17, 15) is 19.8 Å². The van der Waals surface area contributed by atoms with Gasteiger partial charge in [0.2, 0.25) is 0 Å². The smallest absolute Gasteiger partial charge is 0.333 e. The highest BCUT2D eigenvalue weighted by molar-refractivity contribution is 5.87. The van der Waals surface area contributed by atoms with Crippen molar-refractivity contribution in [1.82, 2.24) is 0 Å². The molecule has 1 aliphatic carbocycles. The van der Waals surface area contributed by atoms with E-state index >= 15 is 0 Å². The predicted octanol–water partition coefficient (Wildman–Crippen LogP) is 5.98. The summed E-state index contributed by atoms with van der Waals surface area (Å²) in [6.07, 6.45) is 3.36. The minimum absolute atomic E-state index is 0.00647. The Morgan fingerprint density at radius 3 is 1.57 bits per heavy atom. The van der Waals surface area contributed by atoms with Gasteiger partial charge in [-0.1, -0.05) is 97.6 Å². The average Bonchev–Trinajstić information content (AvgIpc) is 3.09. The first-order chi connectivity index (χ1) is 22.6. The van der Waals surface area contributed by atoms with Crippen molar-refractivity contribution in [1.29, 1.82) is 0 Å². The van der Waals surface area contributed by atoms with Crippen LogP contribution in [0, 0.1) is 0 Å². The number of hydrogen-bond acceptors (Lipinski definition) is 8. The Balaban J connectivity index is 1.60. The van der Waals surface area contributed by atoms with Crippen molar-refractivity contribution in [3.05, 3.63) is 149 Å². The SMILES string of the molecule is C=C(C)C(=O)OCC(O)COC1=CC=C(C(c2ccccc2)(c2ccccc2)c2ccc(OCC(O)COC(=O)C(=C)C)cc2)CC1. The maximum absolute atomic E-state index is 11.6. The van der Waals surface area contributed by atoms with Gasteiger partial charge >= 0.3 is 11.9 Å². The third-order valence-electron chi connectivity index (χ3n) is 7.71. The molecule has 0 saturated carbocycles. The van der Waals surface area contributed by atoms with Crippen LogP contribution in [0.2, 0.25) is 0 Å². The maximum atomic E-state index is 11.6. The summed E-state index contributed by atoms with van der Waals surface area (Å²) in [5, 5.41) is 20.5. The number of aliphatic hydroxyl groups excluding tert-OH is 2. The molecule has 8 nitrogen and oxygen atoms in total. The van der Waals surface area contributed by atoms with Gasteiger partial charge < -0.3 is 29.2 Å². The van der Waals surface area contributed by atoms with E-state index in [1.165, 1.54) is 0 Å². The van der Waals surface area contributed by atoms with E-state index in [-0.39, 0.29) is 37.6 Å². The summed E-state index contributed by atoms with van der Waals surface area (Å²) in [7, 11) is 0. The highest BCUT2D eigenvalue weighted by Crippen LogP contribution is 2.48. The van der Waals surface area contributed by atoms with Gasteiger partial charge in [-0.3, -0.25) is 0 Å². The summed E-state index contributed by atoms with van der Waals surface area (Å²) in [5.74, 6) is 0.182. The van der Waals surface area contributed by atoms with Crippen molar-refractivity contribution in [2.75, 3.05) is 26.4 Å². The fraction of sp³-hybridized carbons (Fsp3) is 0.282. The number of hydrogen-bond donors (Lipinski definition) is 2. The molecule has 0 amide bonds. The Labute approximate surface area is 276 Å². The highest BCUT2D eigenvalue weighted by Gasteiger charge is 2.40. The zero-order valence-electron chi connectivity index (χ0n) is 26.9. The quantitative estimate of drug-likeness (QED) is 0.112. The Bertz CT molecular complexity index is 1550. The van der Waals surface area contributed by atoms with Crippen LogP contribution < -0.4 is 4.74 Å². The fourth-order valence-electron chi connectivity index (χ4n) is 5.37. The van der Waals surface area contributed by atoms with Crippen molar-refractivity contribution in [3.8, 4) is 5.75 Å². The first-order valence-corrected chi connectivity index (χ1v) is 15.5. The summed E-state index contributed by atoms with van der Waals surface area (Å²) < 4.78 is 21.8. The van der Waals surface area contributed by atoms with Crippen molar-refractivity contribution < 1.29 is 38.7 Å². The lowest BCUT2D eigenvalue weighted by molar-refractivity contribution is -0.143. The number of carbonyl (C=O) groups is 2. The molecule has 0 fully saturated rings. The second-order valence-electron chi connectivity index (χ2n) is 11.5. The predicted molar refractivity (Wildman–Crippen MR) is 180 cm³/mol. The van der Waals surface area contributed by atoms with E-state index < -0.39 is 29.6 Å². The van der Waals surface area contributed by atoms with Gasteiger partial charge in [0, 0.05) is 17.6 Å². The Morgan fingerprint density at radius 2 is 1.13 bits per heavy atom. The summed E-state index contributed by atoms with van der Waals surface area (Å²) in [5.41, 5.74) is 4.25. The van der Waals surface area contributed by atoms with Crippen molar-refractivity contribution >= 4 is 11.9 Å². The second-order valence-corrected chi connectivity index (χ2v) is 11.5. The molecule has 0 aliphatic heterocycles. The molecular weight excluding hydrogens is 596 g/mol. The lowest BCUT2D eigenvalue weighted by Crippen LogP contribution is -2.33. The Kier molecular flexibility index (Phi) is 12.3. The standard InChI is InChI=1S/C39H42O8/c1-27(2)37(42)46-25-33(40)23-44-35-19-15-31(16-20-35)39(29-11-7-5-8-12-29,30-13-9-6-10-14-30)32-17-21-36(22-18-32)45-24-34(41)26-47-38(43)28(3)4/h5-17,19-21,33-34,40-41H,1,3,18,22-26H2,2,4H3. The van der Waals surface area contributed by atoms with Crippen LogP contribution in [-0.2, 0) is 29.2 Å². The van der Waals surface area contributed by atoms with Crippen LogP contribution in [0.25, 0.3) is 0 Å². The van der Waals surface area contributed by atoms with Crippen molar-refractivity contribution in [3.63, 3.8) is 0 Å². The Hall–Kier alpha value is -4.92. The summed E-state index contributed by atoms with van der Waals surface area (Å²) >= 11 is 0. The van der Waals surface area contributed by atoms with E-state index in [2.05, 4.69) is 43.5 Å². The van der Waals surface area contributed by atoms with E-state index in [1.807, 2.05) is 66.7 Å². The van der Waals surface area contributed by atoms with Crippen LogP contribution in [-0.4, -0.2) is 60.8 Å². The molecule has 1 aliphatic rings. The number of carbonyl (C=O) groups excluding carboxylic acids is 2. The van der Waals surface area contributed by atoms with E-state index in [0.29, 0.717) is 18.6 Å². The minimum Gasteiger partial charge on any atom is -0.495 e. The highest BCUT2D eigenvalue weighted by atomic mass is 16.6. The molecule has 2 unspecified atom stereocenters. The molecule has 0 heterocycles. The van der Waals surface area contributed by atoms with Gasteiger partial charge in [0.05, 0.1) is 11.2 Å². The molecular formula is C39H42O8. The van der Waals surface area contributed by atoms with Gasteiger partial charge in [-0.05, 0) is 55.2 Å². The molecule has 4 rings (SSSR count). The van der Waals surface area contributed by atoms with Crippen LogP contribution in [0.4, 0.5) is 0 Å². The molecule has 2 N–H and O–H groups in total. The molecule has 3 aromatic carbocycles. The van der Waals surface area contributed by atoms with Crippen LogP contribution in [0.5, 0.6) is 5.75 Å². The zero-order valence-corrected chi connectivity index (χ0v) is 26.9. The largest absolute Gasteiger partial charge is 0.495 e. The molecule has 0 spiro atoms. The lowest BCUT2D eigenvalue weighted by atomic mass is 9.63. The number of allylic oxidation sites excluding steroid dienone is 4. The van der Waals surface area contributed by atoms with Gasteiger partial charge in [-0.25, -0.2) is 9.59 Å². The van der Waals surface area contributed by atoms with Crippen LogP contribution in [0.15, 0.2) is 133 Å². The number of rotatable bonds is 16. The van der Waals surface area contributed by atoms with E-state index in [1.54, 1.807) is 13.8 Å². The number of benzene rings is 3. The maximum Gasteiger partial charge on any atom is 0.333 e. The number of esters is 2. The van der Waals surface area contributed by atoms with Crippen LogP contribution in [0.3, 0.4) is 0 Å². The minimum atomic E-state index is -0.992. The van der Waals surface area contributed by atoms with Crippen molar-refractivity contribution in [2.24, 2.45) is 0 Å². The lowest BCUT2D eigenvalue weighted by Gasteiger charge is -2.39. The van der Waals surface area contributed by atoms with Crippen LogP contribution in [0.1, 0.15) is 43.4 Å². The van der Waals surface area contributed by atoms with Crippen molar-refractivity contribution in [2.45, 2.75) is 44.3 Å². The number of ether oxygens (including phenoxy) is 4. The summed E-state index contributed by atoms with van der Waals surface area (Å²) in [4.78, 5) is 23.3. The van der Waals surface area contributed by atoms with Crippen LogP contribution >= 0.6 is 0 Å². The monoisotopic (exact) mass is 638 g/mol. The third kappa shape index (κ3) is 9.09. The van der Waals surface area contributed by atoms with E-state index in [4.69, 9.17) is 18.9 Å². The number of aliphatic hydroxyl groups is 2. The molecule has 2 atom stereocenters. The molecule has 3 aromatic rings. The molecule has 8 heteroatoms. The molecule has 47 heavy (non-hydrogen) atoms. The molecule has 0 aromatic heterocycles. The molecule has 246 valence electrons. The Morgan fingerprint density at radius 1 is 0.660 bits per heavy atom. The van der Waals surface area contributed by atoms with Gasteiger partial charge in [0.15, 0.2) is 0 Å². The summed E-state index contributed by atoms with van der Waals surface area (Å²) in [6.45, 7) is 9.76. The summed E-state index contributed by atoms with van der Waals surface area (Å²) in [6, 6.07) is 28.4. The molecule has 0 bridgehead atoms. The van der Waals surface area contributed by atoms with Gasteiger partial charge in [-0.15, -0.1) is 0 Å². The first kappa shape index (κ1) is 34.9. The topological polar surface area (TPSA) is 112 Å². The second kappa shape index (κ2) is 16.6. The van der Waals surface area contributed by atoms with Gasteiger partial charge in [0.1, 0.15) is 44.4 Å². The fourth-order valence-corrected chi connectivity index (χ4v) is 5.37. The van der Waals surface area contributed by atoms with Gasteiger partial charge in [0.25, 0.3) is 0 Å². The first-order valence-electron chi connectivity index (χ1n) is 15.5. The average molecular weight is 639 g/mol.